The van der Waals surface area contributed by atoms with Crippen LogP contribution >= 0.6 is 0 Å². The predicted octanol–water partition coefficient (Wildman–Crippen LogP) is 2.31. The minimum Gasteiger partial charge on any atom is -0.447 e. The smallest absolute Gasteiger partial charge is 0.404 e. The first-order chi connectivity index (χ1) is 7.20. The van der Waals surface area contributed by atoms with Crippen LogP contribution in [-0.2, 0) is 9.47 Å². The molecular formula is C11H23NO3. The molecule has 0 spiro atoms. The third-order valence-corrected chi connectivity index (χ3v) is 2.37. The summed E-state index contributed by atoms with van der Waals surface area (Å²) in [6, 6.07) is 0. The van der Waals surface area contributed by atoms with E-state index in [2.05, 4.69) is 18.6 Å². The van der Waals surface area contributed by atoms with Crippen molar-refractivity contribution in [2.75, 3.05) is 19.8 Å². The lowest BCUT2D eigenvalue weighted by Crippen LogP contribution is -2.18. The van der Waals surface area contributed by atoms with Gasteiger partial charge in [0.05, 0.1) is 6.61 Å². The molecule has 0 rings (SSSR count). The van der Waals surface area contributed by atoms with Gasteiger partial charge in [-0.05, 0) is 12.3 Å². The van der Waals surface area contributed by atoms with E-state index >= 15 is 0 Å². The zero-order valence-electron chi connectivity index (χ0n) is 9.83. The molecule has 15 heavy (non-hydrogen) atoms. The van der Waals surface area contributed by atoms with E-state index < -0.39 is 6.09 Å². The minimum atomic E-state index is -0.739. The third-order valence-electron chi connectivity index (χ3n) is 2.37. The number of hydrogen-bond donors (Lipinski definition) is 1. The molecule has 0 aliphatic rings. The number of primary amides is 1. The summed E-state index contributed by atoms with van der Waals surface area (Å²) in [5.41, 5.74) is 4.81. The van der Waals surface area contributed by atoms with Crippen LogP contribution in [0.15, 0.2) is 0 Å². The number of rotatable bonds is 9. The Hall–Kier alpha value is -0.770. The number of amides is 1. The fraction of sp³-hybridized carbons (Fsp3) is 0.909. The van der Waals surface area contributed by atoms with Crippen molar-refractivity contribution in [3.63, 3.8) is 0 Å². The average Bonchev–Trinajstić information content (AvgIpc) is 2.21. The molecule has 0 heterocycles. The Morgan fingerprint density at radius 2 is 2.07 bits per heavy atom. The van der Waals surface area contributed by atoms with Crippen LogP contribution in [0.1, 0.15) is 39.5 Å². The van der Waals surface area contributed by atoms with Gasteiger partial charge in [0.25, 0.3) is 0 Å². The van der Waals surface area contributed by atoms with Gasteiger partial charge < -0.3 is 15.2 Å². The van der Waals surface area contributed by atoms with E-state index in [1.54, 1.807) is 0 Å². The normalized spacial score (nSPS) is 12.4. The van der Waals surface area contributed by atoms with Gasteiger partial charge in [0.2, 0.25) is 0 Å². The van der Waals surface area contributed by atoms with Gasteiger partial charge in [0, 0.05) is 6.61 Å². The van der Waals surface area contributed by atoms with Crippen molar-refractivity contribution in [3.05, 3.63) is 0 Å². The van der Waals surface area contributed by atoms with Gasteiger partial charge in [-0.15, -0.1) is 0 Å². The quantitative estimate of drug-likeness (QED) is 0.603. The van der Waals surface area contributed by atoms with Crippen molar-refractivity contribution in [1.29, 1.82) is 0 Å². The standard InChI is InChI=1S/C11H23NO3/c1-3-5-6-10(4-2)9-14-7-8-15-11(12)13/h10H,3-9H2,1-2H3,(H2,12,13). The SMILES string of the molecule is CCCCC(CC)COCCOC(N)=O. The summed E-state index contributed by atoms with van der Waals surface area (Å²) in [7, 11) is 0. The first kappa shape index (κ1) is 14.2. The lowest BCUT2D eigenvalue weighted by molar-refractivity contribution is 0.0547. The predicted molar refractivity (Wildman–Crippen MR) is 59.7 cm³/mol. The fourth-order valence-corrected chi connectivity index (χ4v) is 1.35. The van der Waals surface area contributed by atoms with Crippen molar-refractivity contribution in [1.82, 2.24) is 0 Å². The maximum atomic E-state index is 10.2. The van der Waals surface area contributed by atoms with Gasteiger partial charge >= 0.3 is 6.09 Å². The van der Waals surface area contributed by atoms with E-state index in [9.17, 15) is 4.79 Å². The Balaban J connectivity index is 3.33. The van der Waals surface area contributed by atoms with E-state index in [0.717, 1.165) is 13.0 Å². The molecule has 0 fully saturated rings. The summed E-state index contributed by atoms with van der Waals surface area (Å²) in [6.45, 7) is 5.79. The van der Waals surface area contributed by atoms with Gasteiger partial charge in [0.1, 0.15) is 6.61 Å². The maximum absolute atomic E-state index is 10.2. The Labute approximate surface area is 92.1 Å². The van der Waals surface area contributed by atoms with E-state index in [4.69, 9.17) is 10.5 Å². The van der Waals surface area contributed by atoms with E-state index in [-0.39, 0.29) is 6.61 Å². The highest BCUT2D eigenvalue weighted by atomic mass is 16.6. The second-order valence-electron chi connectivity index (χ2n) is 3.66. The number of nitrogens with two attached hydrogens (primary N) is 1. The molecule has 0 radical (unpaired) electrons. The molecule has 1 atom stereocenters. The monoisotopic (exact) mass is 217 g/mol. The zero-order chi connectivity index (χ0) is 11.5. The summed E-state index contributed by atoms with van der Waals surface area (Å²) in [5.74, 6) is 0.624. The molecule has 4 nitrogen and oxygen atoms in total. The van der Waals surface area contributed by atoms with Crippen molar-refractivity contribution in [2.45, 2.75) is 39.5 Å². The second kappa shape index (κ2) is 9.77. The lowest BCUT2D eigenvalue weighted by Gasteiger charge is -2.14. The highest BCUT2D eigenvalue weighted by Crippen LogP contribution is 2.12. The van der Waals surface area contributed by atoms with Crippen LogP contribution in [0.25, 0.3) is 0 Å². The summed E-state index contributed by atoms with van der Waals surface area (Å²) < 4.78 is 9.95. The van der Waals surface area contributed by atoms with Crippen molar-refractivity contribution < 1.29 is 14.3 Å². The van der Waals surface area contributed by atoms with E-state index in [0.29, 0.717) is 12.5 Å². The largest absolute Gasteiger partial charge is 0.447 e. The average molecular weight is 217 g/mol. The van der Waals surface area contributed by atoms with Crippen LogP contribution < -0.4 is 5.73 Å². The number of carbonyl (C=O) groups excluding carboxylic acids is 1. The fourth-order valence-electron chi connectivity index (χ4n) is 1.35. The third kappa shape index (κ3) is 9.53. The van der Waals surface area contributed by atoms with Crippen LogP contribution in [0.2, 0.25) is 0 Å². The Morgan fingerprint density at radius 3 is 2.60 bits per heavy atom. The minimum absolute atomic E-state index is 0.250. The highest BCUT2D eigenvalue weighted by molar-refractivity contribution is 5.64. The highest BCUT2D eigenvalue weighted by Gasteiger charge is 2.05. The van der Waals surface area contributed by atoms with Gasteiger partial charge in [-0.25, -0.2) is 4.79 Å². The van der Waals surface area contributed by atoms with Gasteiger partial charge in [-0.3, -0.25) is 0 Å². The summed E-state index contributed by atoms with van der Waals surface area (Å²) in [6.07, 6.45) is 4.08. The molecule has 2 N–H and O–H groups in total. The Morgan fingerprint density at radius 1 is 1.33 bits per heavy atom. The molecule has 0 aromatic heterocycles. The van der Waals surface area contributed by atoms with Gasteiger partial charge in [-0.2, -0.15) is 0 Å². The molecule has 0 bridgehead atoms. The molecular weight excluding hydrogens is 194 g/mol. The van der Waals surface area contributed by atoms with Crippen molar-refractivity contribution in [2.24, 2.45) is 11.7 Å². The molecule has 0 aromatic carbocycles. The number of unbranched alkanes of at least 4 members (excludes halogenated alkanes) is 1. The molecule has 0 saturated carbocycles. The van der Waals surface area contributed by atoms with E-state index in [1.165, 1.54) is 19.3 Å². The number of hydrogen-bond acceptors (Lipinski definition) is 3. The molecule has 90 valence electrons. The Bertz CT molecular complexity index is 162. The number of ether oxygens (including phenoxy) is 2. The molecule has 0 aliphatic carbocycles. The summed E-state index contributed by atoms with van der Waals surface area (Å²) >= 11 is 0. The van der Waals surface area contributed by atoms with Crippen molar-refractivity contribution in [3.8, 4) is 0 Å². The zero-order valence-corrected chi connectivity index (χ0v) is 9.83. The van der Waals surface area contributed by atoms with E-state index in [1.807, 2.05) is 0 Å². The van der Waals surface area contributed by atoms with Crippen LogP contribution in [0.4, 0.5) is 4.79 Å². The summed E-state index contributed by atoms with van der Waals surface area (Å²) in [5, 5.41) is 0. The van der Waals surface area contributed by atoms with Crippen LogP contribution in [0.3, 0.4) is 0 Å². The number of carbonyl (C=O) groups is 1. The van der Waals surface area contributed by atoms with Crippen molar-refractivity contribution >= 4 is 6.09 Å². The molecule has 4 heteroatoms. The molecule has 1 unspecified atom stereocenters. The molecule has 0 aliphatic heterocycles. The first-order valence-corrected chi connectivity index (χ1v) is 5.70. The summed E-state index contributed by atoms with van der Waals surface area (Å²) in [4.78, 5) is 10.2. The molecule has 1 amide bonds. The van der Waals surface area contributed by atoms with Gasteiger partial charge in [-0.1, -0.05) is 33.1 Å². The molecule has 0 aromatic rings. The van der Waals surface area contributed by atoms with Crippen LogP contribution in [-0.4, -0.2) is 25.9 Å². The molecule has 0 saturated heterocycles. The van der Waals surface area contributed by atoms with Gasteiger partial charge in [0.15, 0.2) is 0 Å². The first-order valence-electron chi connectivity index (χ1n) is 5.70. The topological polar surface area (TPSA) is 61.6 Å². The Kier molecular flexibility index (Phi) is 9.27. The van der Waals surface area contributed by atoms with Crippen LogP contribution in [0.5, 0.6) is 0 Å². The lowest BCUT2D eigenvalue weighted by atomic mass is 10.0. The van der Waals surface area contributed by atoms with Crippen LogP contribution in [0, 0.1) is 5.92 Å². The second-order valence-corrected chi connectivity index (χ2v) is 3.66. The maximum Gasteiger partial charge on any atom is 0.404 e.